The van der Waals surface area contributed by atoms with Gasteiger partial charge in [0.2, 0.25) is 0 Å². The molecule has 4 nitrogen and oxygen atoms in total. The van der Waals surface area contributed by atoms with Crippen molar-refractivity contribution >= 4 is 10.8 Å². The number of benzene rings is 3. The second-order valence-electron chi connectivity index (χ2n) is 11.0. The van der Waals surface area contributed by atoms with Gasteiger partial charge in [-0.1, -0.05) is 57.2 Å². The van der Waals surface area contributed by atoms with Crippen molar-refractivity contribution in [3.05, 3.63) is 84.2 Å². The Balaban J connectivity index is 1.54. The van der Waals surface area contributed by atoms with Crippen molar-refractivity contribution in [3.8, 4) is 28.0 Å². The quantitative estimate of drug-likeness (QED) is 0.321. The van der Waals surface area contributed by atoms with Gasteiger partial charge in [0.05, 0.1) is 12.8 Å². The van der Waals surface area contributed by atoms with E-state index in [-0.39, 0.29) is 5.41 Å². The van der Waals surface area contributed by atoms with Gasteiger partial charge >= 0.3 is 0 Å². The molecule has 0 spiro atoms. The maximum absolute atomic E-state index is 5.84. The Kier molecular flexibility index (Phi) is 6.83. The first-order chi connectivity index (χ1) is 17.3. The molecule has 1 aromatic heterocycles. The molecule has 4 aromatic rings. The zero-order chi connectivity index (χ0) is 25.3. The lowest BCUT2D eigenvalue weighted by atomic mass is 9.84. The maximum atomic E-state index is 5.84. The van der Waals surface area contributed by atoms with Crippen molar-refractivity contribution in [1.82, 2.24) is 14.8 Å². The van der Waals surface area contributed by atoms with Gasteiger partial charge in [-0.3, -0.25) is 9.88 Å². The molecule has 0 bridgehead atoms. The number of hydrogen-bond acceptors (Lipinski definition) is 4. The van der Waals surface area contributed by atoms with Gasteiger partial charge in [-0.05, 0) is 70.3 Å². The van der Waals surface area contributed by atoms with Crippen molar-refractivity contribution < 1.29 is 4.74 Å². The fraction of sp³-hybridized carbons (Fsp3) is 0.344. The van der Waals surface area contributed by atoms with E-state index < -0.39 is 0 Å². The smallest absolute Gasteiger partial charge is 0.126 e. The van der Waals surface area contributed by atoms with Crippen LogP contribution in [-0.4, -0.2) is 55.1 Å². The van der Waals surface area contributed by atoms with Crippen LogP contribution in [0.2, 0.25) is 0 Å². The maximum Gasteiger partial charge on any atom is 0.126 e. The van der Waals surface area contributed by atoms with Gasteiger partial charge < -0.3 is 9.64 Å². The molecule has 0 aliphatic carbocycles. The normalized spacial score (nSPS) is 15.4. The standard InChI is InChI=1S/C32H37N3O/c1-32(2,3)26-11-13-31(36-5)30(20-26)29-19-25(18-23-8-6-7-9-28(23)29)24-10-12-27(33-21-24)22-35-16-14-34(4)15-17-35/h6-13,18-21H,14-17,22H2,1-5H3. The molecule has 1 saturated heterocycles. The SMILES string of the molecule is COc1ccc(C(C)(C)C)cc1-c1cc(-c2ccc(CN3CCN(C)CC3)nc2)cc2ccccc12. The Morgan fingerprint density at radius 1 is 0.833 bits per heavy atom. The van der Waals surface area contributed by atoms with Crippen molar-refractivity contribution in [2.24, 2.45) is 0 Å². The summed E-state index contributed by atoms with van der Waals surface area (Å²) in [6.07, 6.45) is 2.03. The number of aromatic nitrogens is 1. The Hall–Kier alpha value is -3.21. The van der Waals surface area contributed by atoms with Crippen LogP contribution in [0.25, 0.3) is 33.0 Å². The summed E-state index contributed by atoms with van der Waals surface area (Å²) in [5.74, 6) is 0.894. The van der Waals surface area contributed by atoms with E-state index in [4.69, 9.17) is 9.72 Å². The number of nitrogens with zero attached hydrogens (tertiary/aromatic N) is 3. The minimum absolute atomic E-state index is 0.0535. The second kappa shape index (κ2) is 10.0. The Labute approximate surface area is 215 Å². The first-order valence-electron chi connectivity index (χ1n) is 12.9. The Bertz CT molecular complexity index is 1350. The zero-order valence-corrected chi connectivity index (χ0v) is 22.2. The molecule has 186 valence electrons. The zero-order valence-electron chi connectivity index (χ0n) is 22.2. The fourth-order valence-corrected chi connectivity index (χ4v) is 5.01. The molecule has 0 radical (unpaired) electrons. The van der Waals surface area contributed by atoms with Crippen LogP contribution < -0.4 is 4.74 Å². The third kappa shape index (κ3) is 5.16. The van der Waals surface area contributed by atoms with Crippen molar-refractivity contribution in [2.45, 2.75) is 32.7 Å². The number of ether oxygens (including phenoxy) is 1. The molecule has 2 heterocycles. The summed E-state index contributed by atoms with van der Waals surface area (Å²) in [4.78, 5) is 9.73. The minimum Gasteiger partial charge on any atom is -0.496 e. The topological polar surface area (TPSA) is 28.6 Å². The highest BCUT2D eigenvalue weighted by Crippen LogP contribution is 2.40. The van der Waals surface area contributed by atoms with Crippen molar-refractivity contribution in [3.63, 3.8) is 0 Å². The molecule has 1 aliphatic heterocycles. The molecule has 0 amide bonds. The summed E-state index contributed by atoms with van der Waals surface area (Å²) >= 11 is 0. The minimum atomic E-state index is 0.0535. The molecule has 4 heteroatoms. The number of pyridine rings is 1. The molecular formula is C32H37N3O. The van der Waals surface area contributed by atoms with Gasteiger partial charge in [0.1, 0.15) is 5.75 Å². The van der Waals surface area contributed by atoms with E-state index in [9.17, 15) is 0 Å². The summed E-state index contributed by atoms with van der Waals surface area (Å²) in [6, 6.07) is 24.2. The molecule has 0 unspecified atom stereocenters. The van der Waals surface area contributed by atoms with E-state index in [1.54, 1.807) is 7.11 Å². The molecule has 5 rings (SSSR count). The summed E-state index contributed by atoms with van der Waals surface area (Å²) < 4.78 is 5.84. The van der Waals surface area contributed by atoms with E-state index >= 15 is 0 Å². The molecular weight excluding hydrogens is 442 g/mol. The van der Waals surface area contributed by atoms with E-state index in [0.717, 1.165) is 55.3 Å². The van der Waals surface area contributed by atoms with E-state index in [0.29, 0.717) is 0 Å². The molecule has 3 aromatic carbocycles. The number of methoxy groups -OCH3 is 1. The van der Waals surface area contributed by atoms with Crippen LogP contribution in [0.15, 0.2) is 72.9 Å². The number of likely N-dealkylation sites (N-methyl/N-ethyl adjacent to an activating group) is 1. The molecule has 0 N–H and O–H groups in total. The van der Waals surface area contributed by atoms with E-state index in [2.05, 4.69) is 104 Å². The van der Waals surface area contributed by atoms with Crippen LogP contribution in [0.4, 0.5) is 0 Å². The third-order valence-corrected chi connectivity index (χ3v) is 7.36. The third-order valence-electron chi connectivity index (χ3n) is 7.36. The fourth-order valence-electron chi connectivity index (χ4n) is 5.01. The Morgan fingerprint density at radius 3 is 2.31 bits per heavy atom. The first kappa shape index (κ1) is 24.5. The van der Waals surface area contributed by atoms with Gasteiger partial charge in [-0.25, -0.2) is 0 Å². The number of fused-ring (bicyclic) bond motifs is 1. The predicted molar refractivity (Wildman–Crippen MR) is 151 cm³/mol. The molecule has 36 heavy (non-hydrogen) atoms. The number of hydrogen-bond donors (Lipinski definition) is 0. The lowest BCUT2D eigenvalue weighted by Gasteiger charge is -2.32. The van der Waals surface area contributed by atoms with E-state index in [1.807, 2.05) is 6.20 Å². The average molecular weight is 480 g/mol. The summed E-state index contributed by atoms with van der Waals surface area (Å²) in [5.41, 5.74) is 7.10. The van der Waals surface area contributed by atoms with Crippen LogP contribution in [0.1, 0.15) is 32.0 Å². The summed E-state index contributed by atoms with van der Waals surface area (Å²) in [6.45, 7) is 12.1. The average Bonchev–Trinajstić information content (AvgIpc) is 2.89. The largest absolute Gasteiger partial charge is 0.496 e. The lowest BCUT2D eigenvalue weighted by Crippen LogP contribution is -2.43. The van der Waals surface area contributed by atoms with Crippen LogP contribution in [-0.2, 0) is 12.0 Å². The lowest BCUT2D eigenvalue weighted by molar-refractivity contribution is 0.147. The molecule has 0 saturated carbocycles. The highest BCUT2D eigenvalue weighted by atomic mass is 16.5. The predicted octanol–water partition coefficient (Wildman–Crippen LogP) is 6.62. The van der Waals surface area contributed by atoms with Gasteiger partial charge in [-0.15, -0.1) is 0 Å². The summed E-state index contributed by atoms with van der Waals surface area (Å²) in [7, 11) is 3.95. The van der Waals surface area contributed by atoms with Gasteiger partial charge in [0, 0.05) is 50.0 Å². The molecule has 0 atom stereocenters. The highest BCUT2D eigenvalue weighted by Gasteiger charge is 2.19. The Morgan fingerprint density at radius 2 is 1.61 bits per heavy atom. The highest BCUT2D eigenvalue weighted by molar-refractivity contribution is 6.01. The molecule has 1 aliphatic rings. The second-order valence-corrected chi connectivity index (χ2v) is 11.0. The monoisotopic (exact) mass is 479 g/mol. The van der Waals surface area contributed by atoms with Gasteiger partial charge in [-0.2, -0.15) is 0 Å². The van der Waals surface area contributed by atoms with Crippen LogP contribution >= 0.6 is 0 Å². The summed E-state index contributed by atoms with van der Waals surface area (Å²) in [5, 5.41) is 2.44. The van der Waals surface area contributed by atoms with Crippen LogP contribution in [0.3, 0.4) is 0 Å². The van der Waals surface area contributed by atoms with E-state index in [1.165, 1.54) is 27.5 Å². The van der Waals surface area contributed by atoms with Crippen LogP contribution in [0, 0.1) is 0 Å². The van der Waals surface area contributed by atoms with Crippen molar-refractivity contribution in [1.29, 1.82) is 0 Å². The number of rotatable bonds is 5. The number of piperazine rings is 1. The van der Waals surface area contributed by atoms with Gasteiger partial charge in [0.25, 0.3) is 0 Å². The first-order valence-corrected chi connectivity index (χ1v) is 12.9. The van der Waals surface area contributed by atoms with Crippen LogP contribution in [0.5, 0.6) is 5.75 Å². The molecule has 1 fully saturated rings. The van der Waals surface area contributed by atoms with Gasteiger partial charge in [0.15, 0.2) is 0 Å². The van der Waals surface area contributed by atoms with Crippen molar-refractivity contribution in [2.75, 3.05) is 40.3 Å².